The quantitative estimate of drug-likeness (QED) is 0.556. The van der Waals surface area contributed by atoms with E-state index in [0.717, 1.165) is 26.2 Å². The van der Waals surface area contributed by atoms with Gasteiger partial charge in [-0.2, -0.15) is 0 Å². The van der Waals surface area contributed by atoms with E-state index in [1.54, 1.807) is 0 Å². The lowest BCUT2D eigenvalue weighted by molar-refractivity contribution is 0.0946. The van der Waals surface area contributed by atoms with Crippen LogP contribution in [-0.4, -0.2) is 48.6 Å². The molecule has 2 heteroatoms. The van der Waals surface area contributed by atoms with E-state index >= 15 is 0 Å². The summed E-state index contributed by atoms with van der Waals surface area (Å²) in [6.07, 6.45) is 0. The summed E-state index contributed by atoms with van der Waals surface area (Å²) in [5.74, 6) is 6.28. The summed E-state index contributed by atoms with van der Waals surface area (Å²) in [5, 5.41) is 0. The molecule has 1 saturated heterocycles. The summed E-state index contributed by atoms with van der Waals surface area (Å²) in [6, 6.07) is 0. The molecule has 0 aromatic heterocycles. The van der Waals surface area contributed by atoms with Gasteiger partial charge in [-0.15, -0.1) is 5.92 Å². The van der Waals surface area contributed by atoms with E-state index in [2.05, 4.69) is 42.5 Å². The summed E-state index contributed by atoms with van der Waals surface area (Å²) in [4.78, 5) is 4.83. The van der Waals surface area contributed by atoms with Crippen LogP contribution in [0.25, 0.3) is 0 Å². The Morgan fingerprint density at radius 2 is 1.62 bits per heavy atom. The highest BCUT2D eigenvalue weighted by atomic mass is 15.3. The van der Waals surface area contributed by atoms with E-state index in [0.29, 0.717) is 0 Å². The van der Waals surface area contributed by atoms with E-state index in [9.17, 15) is 0 Å². The maximum absolute atomic E-state index is 3.26. The molecular formula is C11H20N2. The van der Waals surface area contributed by atoms with Gasteiger partial charge in [0.2, 0.25) is 0 Å². The highest BCUT2D eigenvalue weighted by molar-refractivity contribution is 5.13. The predicted molar refractivity (Wildman–Crippen MR) is 56.6 cm³/mol. The molecule has 1 fully saturated rings. The van der Waals surface area contributed by atoms with Crippen molar-refractivity contribution in [3.8, 4) is 11.8 Å². The van der Waals surface area contributed by atoms with Gasteiger partial charge < -0.3 is 4.90 Å². The number of piperazine rings is 1. The molecule has 13 heavy (non-hydrogen) atoms. The minimum atomic E-state index is 0.0516. The fraction of sp³-hybridized carbons (Fsp3) is 0.818. The average Bonchev–Trinajstić information content (AvgIpc) is 2.05. The van der Waals surface area contributed by atoms with Gasteiger partial charge in [-0.3, -0.25) is 4.90 Å². The van der Waals surface area contributed by atoms with E-state index in [1.165, 1.54) is 0 Å². The van der Waals surface area contributed by atoms with Crippen molar-refractivity contribution in [2.24, 2.45) is 0 Å². The summed E-state index contributed by atoms with van der Waals surface area (Å²) < 4.78 is 0. The van der Waals surface area contributed by atoms with Crippen LogP contribution in [0.3, 0.4) is 0 Å². The minimum Gasteiger partial charge on any atom is -0.304 e. The second kappa shape index (κ2) is 4.13. The number of rotatable bonds is 1. The molecule has 0 amide bonds. The summed E-state index contributed by atoms with van der Waals surface area (Å²) in [6.45, 7) is 10.9. The van der Waals surface area contributed by atoms with Gasteiger partial charge in [0.15, 0.2) is 0 Å². The SMILES string of the molecule is CC#CC(C)(C)N1CCN(C)CC1. The molecule has 0 aromatic carbocycles. The van der Waals surface area contributed by atoms with Crippen LogP contribution in [0.1, 0.15) is 20.8 Å². The molecule has 1 aliphatic heterocycles. The zero-order valence-corrected chi connectivity index (χ0v) is 9.22. The molecule has 0 N–H and O–H groups in total. The number of nitrogens with zero attached hydrogens (tertiary/aromatic N) is 2. The first kappa shape index (κ1) is 10.6. The first-order chi connectivity index (χ1) is 6.06. The van der Waals surface area contributed by atoms with Gasteiger partial charge in [-0.05, 0) is 27.8 Å². The zero-order chi connectivity index (χ0) is 9.90. The van der Waals surface area contributed by atoms with Crippen molar-refractivity contribution in [2.45, 2.75) is 26.3 Å². The molecule has 0 aliphatic carbocycles. The molecule has 1 rings (SSSR count). The van der Waals surface area contributed by atoms with Crippen molar-refractivity contribution in [3.05, 3.63) is 0 Å². The summed E-state index contributed by atoms with van der Waals surface area (Å²) in [5.41, 5.74) is 0.0516. The number of hydrogen-bond acceptors (Lipinski definition) is 2. The molecule has 74 valence electrons. The van der Waals surface area contributed by atoms with Crippen molar-refractivity contribution >= 4 is 0 Å². The first-order valence-corrected chi connectivity index (χ1v) is 4.94. The van der Waals surface area contributed by atoms with Crippen molar-refractivity contribution < 1.29 is 0 Å². The van der Waals surface area contributed by atoms with E-state index in [-0.39, 0.29) is 5.54 Å². The Balaban J connectivity index is 2.56. The lowest BCUT2D eigenvalue weighted by Crippen LogP contribution is -2.53. The van der Waals surface area contributed by atoms with Crippen LogP contribution in [0.5, 0.6) is 0 Å². The lowest BCUT2D eigenvalue weighted by Gasteiger charge is -2.40. The first-order valence-electron chi connectivity index (χ1n) is 4.94. The molecular weight excluding hydrogens is 160 g/mol. The molecule has 0 bridgehead atoms. The maximum atomic E-state index is 3.26. The van der Waals surface area contributed by atoms with Crippen LogP contribution >= 0.6 is 0 Å². The lowest BCUT2D eigenvalue weighted by atomic mass is 10.0. The zero-order valence-electron chi connectivity index (χ0n) is 9.22. The van der Waals surface area contributed by atoms with Crippen LogP contribution in [0.2, 0.25) is 0 Å². The summed E-state index contributed by atoms with van der Waals surface area (Å²) in [7, 11) is 2.18. The Bertz CT molecular complexity index is 214. The standard InChI is InChI=1S/C11H20N2/c1-5-6-11(2,3)13-9-7-12(4)8-10-13/h7-10H2,1-4H3. The van der Waals surface area contributed by atoms with Gasteiger partial charge in [0.25, 0.3) is 0 Å². The second-order valence-electron chi connectivity index (χ2n) is 4.22. The van der Waals surface area contributed by atoms with E-state index in [1.807, 2.05) is 6.92 Å². The Morgan fingerprint density at radius 3 is 2.08 bits per heavy atom. The van der Waals surface area contributed by atoms with Crippen LogP contribution < -0.4 is 0 Å². The third-order valence-electron chi connectivity index (χ3n) is 2.72. The van der Waals surface area contributed by atoms with Crippen molar-refractivity contribution in [1.82, 2.24) is 9.80 Å². The highest BCUT2D eigenvalue weighted by Gasteiger charge is 2.26. The predicted octanol–water partition coefficient (Wildman–Crippen LogP) is 1.04. The molecule has 0 saturated carbocycles. The third-order valence-corrected chi connectivity index (χ3v) is 2.72. The molecule has 0 atom stereocenters. The molecule has 0 unspecified atom stereocenters. The molecule has 1 aliphatic rings. The van der Waals surface area contributed by atoms with Gasteiger partial charge in [0, 0.05) is 26.2 Å². The Kier molecular flexibility index (Phi) is 3.35. The second-order valence-corrected chi connectivity index (χ2v) is 4.22. The maximum Gasteiger partial charge on any atom is 0.0769 e. The van der Waals surface area contributed by atoms with E-state index in [4.69, 9.17) is 0 Å². The van der Waals surface area contributed by atoms with Gasteiger partial charge in [0.05, 0.1) is 5.54 Å². The van der Waals surface area contributed by atoms with Gasteiger partial charge >= 0.3 is 0 Å². The van der Waals surface area contributed by atoms with Gasteiger partial charge in [-0.25, -0.2) is 0 Å². The van der Waals surface area contributed by atoms with Crippen LogP contribution in [0.4, 0.5) is 0 Å². The Morgan fingerprint density at radius 1 is 1.08 bits per heavy atom. The largest absolute Gasteiger partial charge is 0.304 e. The summed E-state index contributed by atoms with van der Waals surface area (Å²) >= 11 is 0. The molecule has 1 heterocycles. The molecule has 0 radical (unpaired) electrons. The Labute approximate surface area is 81.9 Å². The van der Waals surface area contributed by atoms with Crippen molar-refractivity contribution in [1.29, 1.82) is 0 Å². The van der Waals surface area contributed by atoms with Crippen molar-refractivity contribution in [3.63, 3.8) is 0 Å². The highest BCUT2D eigenvalue weighted by Crippen LogP contribution is 2.15. The van der Waals surface area contributed by atoms with Crippen LogP contribution in [0, 0.1) is 11.8 Å². The fourth-order valence-electron chi connectivity index (χ4n) is 1.75. The third kappa shape index (κ3) is 2.72. The molecule has 0 aromatic rings. The van der Waals surface area contributed by atoms with Gasteiger partial charge in [-0.1, -0.05) is 5.92 Å². The van der Waals surface area contributed by atoms with Gasteiger partial charge in [0.1, 0.15) is 0 Å². The Hall–Kier alpha value is -0.520. The average molecular weight is 180 g/mol. The molecule has 2 nitrogen and oxygen atoms in total. The molecule has 0 spiro atoms. The number of hydrogen-bond donors (Lipinski definition) is 0. The van der Waals surface area contributed by atoms with Crippen LogP contribution in [-0.2, 0) is 0 Å². The number of likely N-dealkylation sites (N-methyl/N-ethyl adjacent to an activating group) is 1. The normalized spacial score (nSPS) is 20.9. The van der Waals surface area contributed by atoms with Crippen LogP contribution in [0.15, 0.2) is 0 Å². The smallest absolute Gasteiger partial charge is 0.0769 e. The minimum absolute atomic E-state index is 0.0516. The van der Waals surface area contributed by atoms with E-state index < -0.39 is 0 Å². The van der Waals surface area contributed by atoms with Crippen molar-refractivity contribution in [2.75, 3.05) is 33.2 Å². The topological polar surface area (TPSA) is 6.48 Å². The monoisotopic (exact) mass is 180 g/mol. The fourth-order valence-corrected chi connectivity index (χ4v) is 1.75.